The van der Waals surface area contributed by atoms with Gasteiger partial charge in [0.25, 0.3) is 0 Å². The third-order valence-electron chi connectivity index (χ3n) is 2.10. The van der Waals surface area contributed by atoms with Gasteiger partial charge in [-0.25, -0.2) is 4.39 Å². The summed E-state index contributed by atoms with van der Waals surface area (Å²) in [5.41, 5.74) is 0.715. The lowest BCUT2D eigenvalue weighted by molar-refractivity contribution is 0.276. The van der Waals surface area contributed by atoms with Crippen LogP contribution < -0.4 is 4.74 Å². The summed E-state index contributed by atoms with van der Waals surface area (Å²) in [7, 11) is 0. The number of nitrogens with one attached hydrogen (secondary N) is 1. The number of alkyl halides is 1. The van der Waals surface area contributed by atoms with Crippen molar-refractivity contribution in [2.24, 2.45) is 0 Å². The second kappa shape index (κ2) is 4.98. The molecule has 0 radical (unpaired) electrons. The predicted octanol–water partition coefficient (Wildman–Crippen LogP) is 4.43. The Morgan fingerprint density at radius 1 is 1.44 bits per heavy atom. The smallest absolute Gasteiger partial charge is 0.131 e. The van der Waals surface area contributed by atoms with E-state index in [1.165, 1.54) is 0 Å². The van der Waals surface area contributed by atoms with Crippen molar-refractivity contribution in [2.75, 3.05) is 13.3 Å². The molecule has 1 N–H and O–H groups in total. The van der Waals surface area contributed by atoms with E-state index in [4.69, 9.17) is 27.9 Å². The van der Waals surface area contributed by atoms with E-state index in [9.17, 15) is 4.39 Å². The van der Waals surface area contributed by atoms with E-state index in [1.807, 2.05) is 0 Å². The Hall–Kier alpha value is -0.200. The summed E-state index contributed by atoms with van der Waals surface area (Å²) in [6.07, 6.45) is 1.80. The lowest BCUT2D eigenvalue weighted by Gasteiger charge is -2.08. The molecule has 0 aliphatic heterocycles. The van der Waals surface area contributed by atoms with E-state index in [-0.39, 0.29) is 6.61 Å². The normalized spacial score (nSPS) is 11.0. The molecule has 2 aromatic rings. The summed E-state index contributed by atoms with van der Waals surface area (Å²) in [6, 6.07) is 1.61. The van der Waals surface area contributed by atoms with E-state index in [0.29, 0.717) is 21.3 Å². The maximum Gasteiger partial charge on any atom is 0.131 e. The van der Waals surface area contributed by atoms with Gasteiger partial charge in [-0.1, -0.05) is 23.2 Å². The van der Waals surface area contributed by atoms with Crippen LogP contribution in [0.5, 0.6) is 5.75 Å². The van der Waals surface area contributed by atoms with Gasteiger partial charge in [-0.15, -0.1) is 0 Å². The molecule has 0 bridgehead atoms. The fourth-order valence-corrected chi connectivity index (χ4v) is 2.53. The highest BCUT2D eigenvalue weighted by Crippen LogP contribution is 2.39. The maximum atomic E-state index is 12.1. The average Bonchev–Trinajstić information content (AvgIpc) is 2.64. The molecule has 0 saturated heterocycles. The van der Waals surface area contributed by atoms with Crippen LogP contribution in [0.4, 0.5) is 4.39 Å². The van der Waals surface area contributed by atoms with Crippen molar-refractivity contribution in [3.63, 3.8) is 0 Å². The van der Waals surface area contributed by atoms with Crippen molar-refractivity contribution >= 4 is 56.7 Å². The standard InChI is InChI=1S/C10H7Cl2FINO/c11-5-3-7(16-2-1-13)8-6(14)4-15-10(8)9(5)12/h3-4,15H,1-2H2. The molecule has 0 aliphatic carbocycles. The molecule has 0 unspecified atom stereocenters. The van der Waals surface area contributed by atoms with Gasteiger partial charge in [0.1, 0.15) is 19.0 Å². The van der Waals surface area contributed by atoms with E-state index >= 15 is 0 Å². The molecule has 0 aliphatic rings. The zero-order valence-electron chi connectivity index (χ0n) is 7.99. The molecule has 2 nitrogen and oxygen atoms in total. The summed E-state index contributed by atoms with van der Waals surface area (Å²) in [5, 5.41) is 1.68. The van der Waals surface area contributed by atoms with Crippen LogP contribution in [0.2, 0.25) is 10.0 Å². The van der Waals surface area contributed by atoms with Crippen LogP contribution in [-0.4, -0.2) is 18.3 Å². The highest BCUT2D eigenvalue weighted by atomic mass is 127. The molecule has 1 heterocycles. The molecule has 0 amide bonds. The topological polar surface area (TPSA) is 25.0 Å². The summed E-state index contributed by atoms with van der Waals surface area (Å²) in [5.74, 6) is 0.549. The van der Waals surface area contributed by atoms with Gasteiger partial charge in [0.15, 0.2) is 0 Å². The number of ether oxygens (including phenoxy) is 1. The quantitative estimate of drug-likeness (QED) is 0.791. The van der Waals surface area contributed by atoms with E-state index in [1.54, 1.807) is 12.3 Å². The van der Waals surface area contributed by atoms with Crippen molar-refractivity contribution in [3.8, 4) is 5.75 Å². The number of aromatic amines is 1. The second-order valence-corrected chi connectivity index (χ2v) is 5.04. The molecular formula is C10H7Cl2FINO. The molecule has 1 aromatic carbocycles. The maximum absolute atomic E-state index is 12.1. The minimum Gasteiger partial charge on any atom is -0.490 e. The number of hydrogen-bond acceptors (Lipinski definition) is 1. The van der Waals surface area contributed by atoms with Gasteiger partial charge < -0.3 is 9.72 Å². The molecule has 6 heteroatoms. The number of aromatic nitrogens is 1. The third-order valence-corrected chi connectivity index (χ3v) is 3.74. The number of benzene rings is 1. The first-order valence-electron chi connectivity index (χ1n) is 4.48. The average molecular weight is 374 g/mol. The van der Waals surface area contributed by atoms with Gasteiger partial charge in [-0.05, 0) is 22.6 Å². The summed E-state index contributed by atoms with van der Waals surface area (Å²) in [4.78, 5) is 3.02. The van der Waals surface area contributed by atoms with Gasteiger partial charge in [0.2, 0.25) is 0 Å². The lowest BCUT2D eigenvalue weighted by atomic mass is 10.2. The Kier molecular flexibility index (Phi) is 3.81. The van der Waals surface area contributed by atoms with E-state index < -0.39 is 6.67 Å². The van der Waals surface area contributed by atoms with Crippen LogP contribution >= 0.6 is 45.8 Å². The van der Waals surface area contributed by atoms with Crippen LogP contribution in [0.3, 0.4) is 0 Å². The van der Waals surface area contributed by atoms with Gasteiger partial charge in [0.05, 0.1) is 20.9 Å². The molecule has 0 fully saturated rings. The van der Waals surface area contributed by atoms with Gasteiger partial charge in [-0.2, -0.15) is 0 Å². The molecule has 86 valence electrons. The Morgan fingerprint density at radius 3 is 2.88 bits per heavy atom. The molecule has 0 saturated carbocycles. The van der Waals surface area contributed by atoms with Crippen molar-refractivity contribution in [2.45, 2.75) is 0 Å². The molecule has 16 heavy (non-hydrogen) atoms. The number of hydrogen-bond donors (Lipinski definition) is 1. The minimum absolute atomic E-state index is 0.00826. The first-order chi connectivity index (χ1) is 7.65. The van der Waals surface area contributed by atoms with Crippen molar-refractivity contribution < 1.29 is 9.13 Å². The minimum atomic E-state index is -0.539. The fourth-order valence-electron chi connectivity index (χ4n) is 1.45. The van der Waals surface area contributed by atoms with Crippen molar-refractivity contribution in [1.29, 1.82) is 0 Å². The van der Waals surface area contributed by atoms with Crippen LogP contribution in [0.15, 0.2) is 12.3 Å². The van der Waals surface area contributed by atoms with Crippen LogP contribution in [-0.2, 0) is 0 Å². The molecule has 0 spiro atoms. The highest BCUT2D eigenvalue weighted by molar-refractivity contribution is 14.1. The van der Waals surface area contributed by atoms with Gasteiger partial charge in [0, 0.05) is 15.8 Å². The van der Waals surface area contributed by atoms with Crippen LogP contribution in [0.1, 0.15) is 0 Å². The summed E-state index contributed by atoms with van der Waals surface area (Å²) < 4.78 is 18.4. The Labute approximate surface area is 115 Å². The van der Waals surface area contributed by atoms with E-state index in [0.717, 1.165) is 8.96 Å². The zero-order chi connectivity index (χ0) is 11.7. The Morgan fingerprint density at radius 2 is 2.19 bits per heavy atom. The summed E-state index contributed by atoms with van der Waals surface area (Å²) >= 11 is 14.2. The van der Waals surface area contributed by atoms with Gasteiger partial charge in [-0.3, -0.25) is 0 Å². The Bertz CT molecular complexity index is 529. The fraction of sp³-hybridized carbons (Fsp3) is 0.200. The largest absolute Gasteiger partial charge is 0.490 e. The van der Waals surface area contributed by atoms with Crippen molar-refractivity contribution in [1.82, 2.24) is 4.98 Å². The first-order valence-corrected chi connectivity index (χ1v) is 6.32. The number of H-pyrrole nitrogens is 1. The Balaban J connectivity index is 2.62. The molecule has 0 atom stereocenters. The van der Waals surface area contributed by atoms with Crippen molar-refractivity contribution in [3.05, 3.63) is 25.9 Å². The van der Waals surface area contributed by atoms with E-state index in [2.05, 4.69) is 27.6 Å². The molecular weight excluding hydrogens is 367 g/mol. The molecule has 2 rings (SSSR count). The van der Waals surface area contributed by atoms with Crippen LogP contribution in [0.25, 0.3) is 10.9 Å². The predicted molar refractivity (Wildman–Crippen MR) is 72.5 cm³/mol. The molecule has 1 aromatic heterocycles. The monoisotopic (exact) mass is 373 g/mol. The highest BCUT2D eigenvalue weighted by Gasteiger charge is 2.14. The second-order valence-electron chi connectivity index (χ2n) is 3.09. The number of fused-ring (bicyclic) bond motifs is 1. The lowest BCUT2D eigenvalue weighted by Crippen LogP contribution is -1.99. The first kappa shape index (κ1) is 12.3. The SMILES string of the molecule is FCCOc1cc(Cl)c(Cl)c2[nH]cc(I)c12. The third kappa shape index (κ3) is 2.10. The van der Waals surface area contributed by atoms with Gasteiger partial charge >= 0.3 is 0 Å². The summed E-state index contributed by atoms with van der Waals surface area (Å²) in [6.45, 7) is -0.531. The number of rotatable bonds is 3. The number of halogens is 4. The van der Waals surface area contributed by atoms with Crippen LogP contribution in [0, 0.1) is 3.57 Å². The zero-order valence-corrected chi connectivity index (χ0v) is 11.7.